The number of amides is 1. The number of carboxylic acids is 1. The summed E-state index contributed by atoms with van der Waals surface area (Å²) in [5.74, 6) is -1.33. The van der Waals surface area contributed by atoms with Crippen molar-refractivity contribution in [1.82, 2.24) is 5.32 Å². The number of carbonyl (C=O) groups excluding carboxylic acids is 1. The molecule has 1 aromatic rings. The second-order valence-electron chi connectivity index (χ2n) is 4.95. The maximum atomic E-state index is 12.1. The summed E-state index contributed by atoms with van der Waals surface area (Å²) in [5.41, 5.74) is 1.16. The van der Waals surface area contributed by atoms with Crippen LogP contribution >= 0.6 is 0 Å². The molecule has 0 aliphatic heterocycles. The number of nitrogens with one attached hydrogen (secondary N) is 1. The smallest absolute Gasteiger partial charge is 0.326 e. The minimum absolute atomic E-state index is 0.206. The van der Waals surface area contributed by atoms with Gasteiger partial charge in [-0.25, -0.2) is 4.79 Å². The Kier molecular flexibility index (Phi) is 5.88. The molecule has 0 saturated heterocycles. The van der Waals surface area contributed by atoms with E-state index in [-0.39, 0.29) is 5.92 Å². The van der Waals surface area contributed by atoms with Crippen LogP contribution in [0.3, 0.4) is 0 Å². The van der Waals surface area contributed by atoms with Crippen molar-refractivity contribution in [3.05, 3.63) is 35.4 Å². The van der Waals surface area contributed by atoms with Gasteiger partial charge in [0.25, 0.3) is 5.91 Å². The fourth-order valence-corrected chi connectivity index (χ4v) is 2.42. The predicted molar refractivity (Wildman–Crippen MR) is 77.9 cm³/mol. The van der Waals surface area contributed by atoms with Crippen molar-refractivity contribution in [3.63, 3.8) is 0 Å². The molecule has 20 heavy (non-hydrogen) atoms. The quantitative estimate of drug-likeness (QED) is 0.831. The van der Waals surface area contributed by atoms with Crippen LogP contribution in [0.25, 0.3) is 0 Å². The van der Waals surface area contributed by atoms with Crippen molar-refractivity contribution in [2.24, 2.45) is 5.92 Å². The molecule has 5 nitrogen and oxygen atoms in total. The first-order chi connectivity index (χ1) is 9.31. The van der Waals surface area contributed by atoms with Gasteiger partial charge in [0.05, 0.1) is 0 Å². The molecule has 6 heteroatoms. The van der Waals surface area contributed by atoms with Crippen LogP contribution in [0.4, 0.5) is 0 Å². The van der Waals surface area contributed by atoms with Gasteiger partial charge in [0.2, 0.25) is 0 Å². The van der Waals surface area contributed by atoms with Gasteiger partial charge in [0, 0.05) is 28.4 Å². The Morgan fingerprint density at radius 2 is 2.00 bits per heavy atom. The van der Waals surface area contributed by atoms with Crippen molar-refractivity contribution >= 4 is 22.7 Å². The van der Waals surface area contributed by atoms with E-state index in [0.29, 0.717) is 11.3 Å². The molecule has 0 heterocycles. The van der Waals surface area contributed by atoms with E-state index < -0.39 is 28.7 Å². The van der Waals surface area contributed by atoms with Crippen LogP contribution in [0.5, 0.6) is 0 Å². The van der Waals surface area contributed by atoms with E-state index >= 15 is 0 Å². The standard InChI is InChI=1S/C14H19NO4S/c1-9(2)12(14(17)18)15-13(16)11-6-4-5-10(7-11)8-20(3)19/h4-7,9,12H,8H2,1-3H3,(H,15,16)(H,17,18)/t12-,20?/m0/s1. The molecule has 0 aliphatic rings. The van der Waals surface area contributed by atoms with Crippen molar-refractivity contribution in [3.8, 4) is 0 Å². The van der Waals surface area contributed by atoms with Gasteiger partial charge in [0.15, 0.2) is 0 Å². The van der Waals surface area contributed by atoms with Crippen LogP contribution in [0.15, 0.2) is 24.3 Å². The molecule has 0 saturated carbocycles. The van der Waals surface area contributed by atoms with Crippen LogP contribution in [-0.2, 0) is 21.3 Å². The molecular weight excluding hydrogens is 278 g/mol. The van der Waals surface area contributed by atoms with E-state index in [2.05, 4.69) is 5.32 Å². The Hall–Kier alpha value is -1.69. The number of benzene rings is 1. The van der Waals surface area contributed by atoms with Gasteiger partial charge in [-0.1, -0.05) is 26.0 Å². The lowest BCUT2D eigenvalue weighted by atomic mass is 10.0. The maximum absolute atomic E-state index is 12.1. The van der Waals surface area contributed by atoms with Gasteiger partial charge in [-0.2, -0.15) is 0 Å². The predicted octanol–water partition coefficient (Wildman–Crippen LogP) is 1.40. The topological polar surface area (TPSA) is 83.5 Å². The van der Waals surface area contributed by atoms with E-state index in [1.165, 1.54) is 0 Å². The summed E-state index contributed by atoms with van der Waals surface area (Å²) >= 11 is 0. The molecule has 1 rings (SSSR count). The molecule has 2 atom stereocenters. The second kappa shape index (κ2) is 7.19. The average Bonchev–Trinajstić information content (AvgIpc) is 2.34. The molecule has 0 aliphatic carbocycles. The number of carboxylic acid groups (broad SMARTS) is 1. The van der Waals surface area contributed by atoms with Crippen molar-refractivity contribution in [2.45, 2.75) is 25.6 Å². The summed E-state index contributed by atoms with van der Waals surface area (Å²) in [4.78, 5) is 23.1. The van der Waals surface area contributed by atoms with Gasteiger partial charge in [-0.3, -0.25) is 9.00 Å². The third-order valence-corrected chi connectivity index (χ3v) is 3.52. The van der Waals surface area contributed by atoms with E-state index in [4.69, 9.17) is 5.11 Å². The second-order valence-corrected chi connectivity index (χ2v) is 6.39. The lowest BCUT2D eigenvalue weighted by Gasteiger charge is -2.18. The fourth-order valence-electron chi connectivity index (χ4n) is 1.78. The molecule has 0 bridgehead atoms. The van der Waals surface area contributed by atoms with E-state index in [1.54, 1.807) is 44.4 Å². The SMILES string of the molecule is CC(C)[C@H](NC(=O)c1cccc(CS(C)=O)c1)C(=O)O. The number of hydrogen-bond acceptors (Lipinski definition) is 3. The Morgan fingerprint density at radius 1 is 1.35 bits per heavy atom. The zero-order valence-electron chi connectivity index (χ0n) is 11.8. The molecule has 1 aromatic carbocycles. The van der Waals surface area contributed by atoms with Crippen molar-refractivity contribution < 1.29 is 18.9 Å². The molecule has 2 N–H and O–H groups in total. The zero-order chi connectivity index (χ0) is 15.3. The first kappa shape index (κ1) is 16.4. The lowest BCUT2D eigenvalue weighted by Crippen LogP contribution is -2.44. The molecule has 0 radical (unpaired) electrons. The Balaban J connectivity index is 2.86. The van der Waals surface area contributed by atoms with E-state index in [9.17, 15) is 13.8 Å². The lowest BCUT2D eigenvalue weighted by molar-refractivity contribution is -0.140. The molecule has 110 valence electrons. The highest BCUT2D eigenvalue weighted by Crippen LogP contribution is 2.09. The molecule has 1 amide bonds. The zero-order valence-corrected chi connectivity index (χ0v) is 12.6. The highest BCUT2D eigenvalue weighted by Gasteiger charge is 2.23. The van der Waals surface area contributed by atoms with Crippen LogP contribution in [0.1, 0.15) is 29.8 Å². The average molecular weight is 297 g/mol. The Bertz CT molecular complexity index is 528. The molecular formula is C14H19NO4S. The van der Waals surface area contributed by atoms with Gasteiger partial charge in [-0.15, -0.1) is 0 Å². The normalized spacial score (nSPS) is 13.8. The fraction of sp³-hybridized carbons (Fsp3) is 0.429. The van der Waals surface area contributed by atoms with Crippen LogP contribution in [0.2, 0.25) is 0 Å². The summed E-state index contributed by atoms with van der Waals surface area (Å²) in [5, 5.41) is 11.6. The number of hydrogen-bond donors (Lipinski definition) is 2. The third kappa shape index (κ3) is 4.77. The largest absolute Gasteiger partial charge is 0.480 e. The summed E-state index contributed by atoms with van der Waals surface area (Å²) in [7, 11) is -0.989. The molecule has 0 aromatic heterocycles. The van der Waals surface area contributed by atoms with E-state index in [0.717, 1.165) is 5.56 Å². The monoisotopic (exact) mass is 297 g/mol. The van der Waals surface area contributed by atoms with Gasteiger partial charge < -0.3 is 10.4 Å². The summed E-state index contributed by atoms with van der Waals surface area (Å²) in [6, 6.07) is 5.80. The molecule has 0 fully saturated rings. The summed E-state index contributed by atoms with van der Waals surface area (Å²) in [6.45, 7) is 3.46. The summed E-state index contributed by atoms with van der Waals surface area (Å²) in [6.07, 6.45) is 1.59. The first-order valence-corrected chi connectivity index (χ1v) is 7.96. The summed E-state index contributed by atoms with van der Waals surface area (Å²) < 4.78 is 11.2. The van der Waals surface area contributed by atoms with Crippen LogP contribution in [-0.4, -0.2) is 33.5 Å². The van der Waals surface area contributed by atoms with Crippen LogP contribution < -0.4 is 5.32 Å². The highest BCUT2D eigenvalue weighted by atomic mass is 32.2. The number of carbonyl (C=O) groups is 2. The highest BCUT2D eigenvalue weighted by molar-refractivity contribution is 7.83. The minimum atomic E-state index is -1.06. The third-order valence-electron chi connectivity index (χ3n) is 2.78. The van der Waals surface area contributed by atoms with Gasteiger partial charge in [-0.05, 0) is 23.6 Å². The van der Waals surface area contributed by atoms with Gasteiger partial charge >= 0.3 is 5.97 Å². The first-order valence-electron chi connectivity index (χ1n) is 6.24. The molecule has 1 unspecified atom stereocenters. The Morgan fingerprint density at radius 3 is 2.50 bits per heavy atom. The van der Waals surface area contributed by atoms with Crippen molar-refractivity contribution in [1.29, 1.82) is 0 Å². The van der Waals surface area contributed by atoms with Crippen LogP contribution in [0, 0.1) is 5.92 Å². The number of rotatable bonds is 6. The molecule has 0 spiro atoms. The minimum Gasteiger partial charge on any atom is -0.480 e. The number of aliphatic carboxylic acids is 1. The maximum Gasteiger partial charge on any atom is 0.326 e. The van der Waals surface area contributed by atoms with E-state index in [1.807, 2.05) is 0 Å². The van der Waals surface area contributed by atoms with Gasteiger partial charge in [0.1, 0.15) is 6.04 Å². The Labute approximate surface area is 120 Å². The van der Waals surface area contributed by atoms with Crippen molar-refractivity contribution in [2.75, 3.05) is 6.26 Å².